The average Bonchev–Trinajstić information content (AvgIpc) is 2.58. The summed E-state index contributed by atoms with van der Waals surface area (Å²) in [6, 6.07) is -0.0585. The summed E-state index contributed by atoms with van der Waals surface area (Å²) in [5.41, 5.74) is -0.394. The van der Waals surface area contributed by atoms with Crippen LogP contribution in [0.5, 0.6) is 0 Å². The highest BCUT2D eigenvalue weighted by atomic mass is 35.5. The lowest BCUT2D eigenvalue weighted by atomic mass is 9.73. The van der Waals surface area contributed by atoms with Gasteiger partial charge in [-0.2, -0.15) is 0 Å². The molecule has 2 saturated carbocycles. The SMILES string of the molecule is CC(C)(C)C(=O)[C@@H]1C[C@@]2(CN1C(C)(C)C)C(Cl)(Cl)C21CCC1. The van der Waals surface area contributed by atoms with E-state index in [9.17, 15) is 4.79 Å². The van der Waals surface area contributed by atoms with Gasteiger partial charge in [0.1, 0.15) is 4.33 Å². The molecule has 4 heteroatoms. The van der Waals surface area contributed by atoms with Gasteiger partial charge in [0.15, 0.2) is 5.78 Å². The molecule has 3 aliphatic rings. The highest BCUT2D eigenvalue weighted by Gasteiger charge is 2.89. The molecule has 0 unspecified atom stereocenters. The number of hydrogen-bond donors (Lipinski definition) is 0. The van der Waals surface area contributed by atoms with Crippen LogP contribution in [0, 0.1) is 16.2 Å². The summed E-state index contributed by atoms with van der Waals surface area (Å²) in [6.45, 7) is 13.5. The summed E-state index contributed by atoms with van der Waals surface area (Å²) in [5, 5.41) is 0. The number of likely N-dealkylation sites (tertiary alicyclic amines) is 1. The Morgan fingerprint density at radius 1 is 1.05 bits per heavy atom. The van der Waals surface area contributed by atoms with Gasteiger partial charge in [-0.3, -0.25) is 9.69 Å². The topological polar surface area (TPSA) is 20.3 Å². The number of ketones is 1. The van der Waals surface area contributed by atoms with E-state index in [4.69, 9.17) is 23.2 Å². The van der Waals surface area contributed by atoms with Crippen LogP contribution in [-0.2, 0) is 4.79 Å². The monoisotopic (exact) mass is 345 g/mol. The quantitative estimate of drug-likeness (QED) is 0.635. The average molecular weight is 346 g/mol. The molecule has 2 atom stereocenters. The molecule has 0 radical (unpaired) electrons. The molecule has 0 bridgehead atoms. The Bertz CT molecular complexity index is 510. The van der Waals surface area contributed by atoms with Crippen molar-refractivity contribution in [3.05, 3.63) is 0 Å². The molecule has 0 aromatic rings. The molecule has 22 heavy (non-hydrogen) atoms. The fourth-order valence-corrected chi connectivity index (χ4v) is 6.26. The zero-order valence-electron chi connectivity index (χ0n) is 14.7. The lowest BCUT2D eigenvalue weighted by molar-refractivity contribution is -0.132. The van der Waals surface area contributed by atoms with Crippen LogP contribution < -0.4 is 0 Å². The van der Waals surface area contributed by atoms with Crippen LogP contribution in [0.25, 0.3) is 0 Å². The van der Waals surface area contributed by atoms with Gasteiger partial charge < -0.3 is 0 Å². The van der Waals surface area contributed by atoms with Gasteiger partial charge in [-0.15, -0.1) is 23.2 Å². The summed E-state index contributed by atoms with van der Waals surface area (Å²) >= 11 is 13.6. The molecule has 126 valence electrons. The van der Waals surface area contributed by atoms with Gasteiger partial charge in [0, 0.05) is 28.3 Å². The highest BCUT2D eigenvalue weighted by Crippen LogP contribution is 2.88. The maximum Gasteiger partial charge on any atom is 0.155 e. The lowest BCUT2D eigenvalue weighted by Gasteiger charge is -2.38. The molecule has 0 aromatic carbocycles. The Morgan fingerprint density at radius 2 is 1.59 bits per heavy atom. The fourth-order valence-electron chi connectivity index (χ4n) is 4.98. The van der Waals surface area contributed by atoms with Crippen LogP contribution in [0.4, 0.5) is 0 Å². The second kappa shape index (κ2) is 4.43. The van der Waals surface area contributed by atoms with Crippen molar-refractivity contribution in [1.29, 1.82) is 0 Å². The Kier molecular flexibility index (Phi) is 3.43. The third kappa shape index (κ3) is 1.87. The first-order chi connectivity index (χ1) is 9.80. The third-order valence-corrected chi connectivity index (χ3v) is 7.97. The minimum atomic E-state index is -0.644. The van der Waals surface area contributed by atoms with Crippen molar-refractivity contribution in [2.75, 3.05) is 6.54 Å². The van der Waals surface area contributed by atoms with Gasteiger partial charge in [0.05, 0.1) is 6.04 Å². The normalized spacial score (nSPS) is 36.6. The number of fused-ring (bicyclic) bond motifs is 1. The fraction of sp³-hybridized carbons (Fsp3) is 0.944. The second-order valence-electron chi connectivity index (χ2n) is 9.73. The van der Waals surface area contributed by atoms with Gasteiger partial charge in [-0.05, 0) is 40.0 Å². The molecule has 1 heterocycles. The van der Waals surface area contributed by atoms with Crippen molar-refractivity contribution in [1.82, 2.24) is 4.90 Å². The van der Waals surface area contributed by atoms with E-state index >= 15 is 0 Å². The maximum absolute atomic E-state index is 13.0. The summed E-state index contributed by atoms with van der Waals surface area (Å²) < 4.78 is -0.644. The molecule has 0 amide bonds. The predicted molar refractivity (Wildman–Crippen MR) is 92.5 cm³/mol. The van der Waals surface area contributed by atoms with E-state index in [1.54, 1.807) is 0 Å². The van der Waals surface area contributed by atoms with Crippen LogP contribution in [-0.4, -0.2) is 33.1 Å². The molecule has 2 aliphatic carbocycles. The minimum absolute atomic E-state index is 0.0491. The van der Waals surface area contributed by atoms with Crippen LogP contribution in [0.2, 0.25) is 0 Å². The zero-order valence-corrected chi connectivity index (χ0v) is 16.2. The van der Waals surface area contributed by atoms with Gasteiger partial charge in [-0.1, -0.05) is 27.2 Å². The van der Waals surface area contributed by atoms with Crippen molar-refractivity contribution in [3.63, 3.8) is 0 Å². The molecule has 1 saturated heterocycles. The smallest absolute Gasteiger partial charge is 0.155 e. The number of hydrogen-bond acceptors (Lipinski definition) is 2. The summed E-state index contributed by atoms with van der Waals surface area (Å²) in [5.74, 6) is 0.324. The Hall–Kier alpha value is 0.210. The van der Waals surface area contributed by atoms with Gasteiger partial charge in [0.2, 0.25) is 0 Å². The largest absolute Gasteiger partial charge is 0.297 e. The Balaban J connectivity index is 1.96. The molecule has 2 spiro atoms. The van der Waals surface area contributed by atoms with Crippen molar-refractivity contribution in [2.24, 2.45) is 16.2 Å². The minimum Gasteiger partial charge on any atom is -0.297 e. The van der Waals surface area contributed by atoms with Crippen LogP contribution in [0.3, 0.4) is 0 Å². The number of alkyl halides is 2. The van der Waals surface area contributed by atoms with E-state index in [-0.39, 0.29) is 27.8 Å². The first kappa shape index (κ1) is 17.0. The molecule has 0 N–H and O–H groups in total. The predicted octanol–water partition coefficient (Wildman–Crippen LogP) is 4.82. The summed E-state index contributed by atoms with van der Waals surface area (Å²) in [7, 11) is 0. The number of halogens is 2. The Labute approximate surface area is 144 Å². The first-order valence-electron chi connectivity index (χ1n) is 8.49. The van der Waals surface area contributed by atoms with Gasteiger partial charge >= 0.3 is 0 Å². The van der Waals surface area contributed by atoms with E-state index < -0.39 is 4.33 Å². The van der Waals surface area contributed by atoms with Crippen LogP contribution >= 0.6 is 23.2 Å². The van der Waals surface area contributed by atoms with Gasteiger partial charge in [-0.25, -0.2) is 0 Å². The summed E-state index contributed by atoms with van der Waals surface area (Å²) in [6.07, 6.45) is 4.28. The molecular formula is C18H29Cl2NO. The van der Waals surface area contributed by atoms with E-state index in [0.717, 1.165) is 25.8 Å². The number of carbonyl (C=O) groups is 1. The van der Waals surface area contributed by atoms with Crippen molar-refractivity contribution in [3.8, 4) is 0 Å². The Morgan fingerprint density at radius 3 is 1.91 bits per heavy atom. The molecule has 3 rings (SSSR count). The number of carbonyl (C=O) groups excluding carboxylic acids is 1. The zero-order chi connectivity index (χ0) is 16.8. The third-order valence-electron chi connectivity index (χ3n) is 6.52. The summed E-state index contributed by atoms with van der Waals surface area (Å²) in [4.78, 5) is 15.4. The molecular weight excluding hydrogens is 317 g/mol. The standard InChI is InChI=1S/C18H29Cl2NO/c1-14(2,3)13(22)12-10-17(11-21(12)15(4,5)6)16(8-7-9-16)18(17,19)20/h12H,7-11H2,1-6H3/t12-,17-/m0/s1. The van der Waals surface area contributed by atoms with E-state index in [2.05, 4.69) is 25.7 Å². The number of nitrogens with zero attached hydrogens (tertiary/aromatic N) is 1. The molecule has 3 fully saturated rings. The molecule has 1 aliphatic heterocycles. The first-order valence-corrected chi connectivity index (χ1v) is 9.25. The van der Waals surface area contributed by atoms with Crippen molar-refractivity contribution < 1.29 is 4.79 Å². The highest BCUT2D eigenvalue weighted by molar-refractivity contribution is 6.52. The molecule has 0 aromatic heterocycles. The van der Waals surface area contributed by atoms with Crippen LogP contribution in [0.1, 0.15) is 67.2 Å². The van der Waals surface area contributed by atoms with E-state index in [0.29, 0.717) is 5.78 Å². The maximum atomic E-state index is 13.0. The van der Waals surface area contributed by atoms with E-state index in [1.165, 1.54) is 6.42 Å². The van der Waals surface area contributed by atoms with Crippen LogP contribution in [0.15, 0.2) is 0 Å². The lowest BCUT2D eigenvalue weighted by Crippen LogP contribution is -2.50. The van der Waals surface area contributed by atoms with Crippen molar-refractivity contribution in [2.45, 2.75) is 83.1 Å². The van der Waals surface area contributed by atoms with Crippen molar-refractivity contribution >= 4 is 29.0 Å². The van der Waals surface area contributed by atoms with Gasteiger partial charge in [0.25, 0.3) is 0 Å². The number of Topliss-reactive ketones (excluding diaryl/α,β-unsaturated/α-hetero) is 1. The molecule has 2 nitrogen and oxygen atoms in total. The van der Waals surface area contributed by atoms with E-state index in [1.807, 2.05) is 20.8 Å². The number of rotatable bonds is 1. The second-order valence-corrected chi connectivity index (χ2v) is 11.1.